The highest BCUT2D eigenvalue weighted by atomic mass is 19.1. The van der Waals surface area contributed by atoms with Crippen LogP contribution in [-0.4, -0.2) is 75.8 Å². The summed E-state index contributed by atoms with van der Waals surface area (Å²) >= 11 is 0. The Morgan fingerprint density at radius 1 is 1.32 bits per heavy atom. The maximum atomic E-state index is 14.4. The predicted octanol–water partition coefficient (Wildman–Crippen LogP) is 3.68. The molecule has 9 nitrogen and oxygen atoms in total. The first-order valence-corrected chi connectivity index (χ1v) is 10.4. The minimum Gasteiger partial charge on any atom is -0.490 e. The average molecular weight is 432 g/mol. The number of benzene rings is 1. The zero-order chi connectivity index (χ0) is 22.5. The van der Waals surface area contributed by atoms with E-state index >= 15 is 0 Å². The van der Waals surface area contributed by atoms with Crippen LogP contribution in [0.2, 0.25) is 0 Å². The van der Waals surface area contributed by atoms with Crippen molar-refractivity contribution in [1.29, 1.82) is 0 Å². The van der Waals surface area contributed by atoms with Crippen molar-refractivity contribution in [2.24, 2.45) is 0 Å². The Morgan fingerprint density at radius 2 is 2.10 bits per heavy atom. The smallest absolute Gasteiger partial charge is 0.322 e. The number of carbonyl (C=O) groups is 1. The lowest BCUT2D eigenvalue weighted by molar-refractivity contribution is 0.201. The molecule has 0 saturated heterocycles. The molecule has 0 fully saturated rings. The maximum absolute atomic E-state index is 14.4. The first kappa shape index (κ1) is 22.5. The van der Waals surface area contributed by atoms with Gasteiger partial charge in [-0.2, -0.15) is 5.10 Å². The van der Waals surface area contributed by atoms with Gasteiger partial charge in [-0.25, -0.2) is 14.2 Å². The molecule has 2 aromatic heterocycles. The van der Waals surface area contributed by atoms with Crippen LogP contribution in [0.1, 0.15) is 27.2 Å². The monoisotopic (exact) mass is 431 g/mol. The van der Waals surface area contributed by atoms with Crippen molar-refractivity contribution < 1.29 is 13.9 Å². The molecular formula is C21H30FN7O2. The lowest BCUT2D eigenvalue weighted by Gasteiger charge is -2.25. The highest BCUT2D eigenvalue weighted by Crippen LogP contribution is 2.29. The zero-order valence-corrected chi connectivity index (χ0v) is 18.6. The summed E-state index contributed by atoms with van der Waals surface area (Å²) in [5.41, 5.74) is 2.00. The number of aromatic nitrogens is 4. The molecule has 2 heterocycles. The Balaban J connectivity index is 1.80. The number of aromatic amines is 2. The van der Waals surface area contributed by atoms with Gasteiger partial charge >= 0.3 is 6.03 Å². The van der Waals surface area contributed by atoms with Crippen LogP contribution in [0.3, 0.4) is 0 Å². The van der Waals surface area contributed by atoms with Gasteiger partial charge in [-0.15, -0.1) is 0 Å². The molecule has 0 aliphatic rings. The second kappa shape index (κ2) is 9.78. The van der Waals surface area contributed by atoms with E-state index < -0.39 is 5.82 Å². The van der Waals surface area contributed by atoms with Crippen molar-refractivity contribution in [3.8, 4) is 17.3 Å². The number of urea groups is 1. The van der Waals surface area contributed by atoms with Gasteiger partial charge in [0.1, 0.15) is 0 Å². The van der Waals surface area contributed by atoms with Crippen LogP contribution < -0.4 is 10.1 Å². The van der Waals surface area contributed by atoms with Crippen LogP contribution in [0.25, 0.3) is 22.6 Å². The lowest BCUT2D eigenvalue weighted by Crippen LogP contribution is -2.39. The molecule has 1 aromatic carbocycles. The molecule has 168 valence electrons. The van der Waals surface area contributed by atoms with E-state index in [9.17, 15) is 9.18 Å². The molecule has 0 aliphatic carbocycles. The first-order valence-electron chi connectivity index (χ1n) is 10.4. The average Bonchev–Trinajstić information content (AvgIpc) is 3.31. The van der Waals surface area contributed by atoms with E-state index in [1.54, 1.807) is 17.2 Å². The van der Waals surface area contributed by atoms with Crippen LogP contribution in [0.15, 0.2) is 18.3 Å². The van der Waals surface area contributed by atoms with Gasteiger partial charge in [0, 0.05) is 37.5 Å². The zero-order valence-electron chi connectivity index (χ0n) is 18.6. The summed E-state index contributed by atoms with van der Waals surface area (Å²) in [5, 5.41) is 9.82. The molecule has 0 radical (unpaired) electrons. The number of anilines is 1. The van der Waals surface area contributed by atoms with Gasteiger partial charge < -0.3 is 24.8 Å². The summed E-state index contributed by atoms with van der Waals surface area (Å²) < 4.78 is 20.0. The van der Waals surface area contributed by atoms with Crippen LogP contribution in [0.5, 0.6) is 5.75 Å². The molecule has 3 N–H and O–H groups in total. The fraction of sp³-hybridized carbons (Fsp3) is 0.476. The minimum atomic E-state index is -0.471. The van der Waals surface area contributed by atoms with E-state index in [1.807, 2.05) is 39.8 Å². The third kappa shape index (κ3) is 5.32. The molecule has 0 unspecified atom stereocenters. The number of hydrogen-bond acceptors (Lipinski definition) is 5. The fourth-order valence-corrected chi connectivity index (χ4v) is 3.29. The number of nitrogens with one attached hydrogen (secondary N) is 3. The van der Waals surface area contributed by atoms with Crippen LogP contribution in [-0.2, 0) is 0 Å². The number of H-pyrrole nitrogens is 2. The number of ether oxygens (including phenoxy) is 1. The molecule has 3 aromatic rings. The van der Waals surface area contributed by atoms with Gasteiger partial charge in [-0.05, 0) is 41.3 Å². The van der Waals surface area contributed by atoms with Crippen LogP contribution >= 0.6 is 0 Å². The molecular weight excluding hydrogens is 401 g/mol. The fourth-order valence-electron chi connectivity index (χ4n) is 3.29. The minimum absolute atomic E-state index is 0.0608. The van der Waals surface area contributed by atoms with Gasteiger partial charge in [0.2, 0.25) is 0 Å². The van der Waals surface area contributed by atoms with Crippen molar-refractivity contribution in [2.75, 3.05) is 39.1 Å². The molecule has 0 aliphatic heterocycles. The largest absolute Gasteiger partial charge is 0.490 e. The summed E-state index contributed by atoms with van der Waals surface area (Å²) in [5.74, 6) is 0.123. The molecule has 0 spiro atoms. The van der Waals surface area contributed by atoms with Gasteiger partial charge in [0.05, 0.1) is 23.3 Å². The number of fused-ring (bicyclic) bond motifs is 1. The second-order valence-corrected chi connectivity index (χ2v) is 7.85. The molecule has 2 amide bonds. The Hall–Kier alpha value is -3.14. The standard InChI is InChI=1S/C21H30FN7O2/c1-6-29(13(2)3)21(30)26-17-12-23-27-19(17)20-24-15-10-14(22)18(11-16(15)25-20)31-9-7-8-28(4)5/h10-13H,6-9H2,1-5H3,(H,23,27)(H,24,25)(H,26,30). The van der Waals surface area contributed by atoms with Crippen molar-refractivity contribution in [1.82, 2.24) is 30.0 Å². The number of hydrogen-bond donors (Lipinski definition) is 3. The topological polar surface area (TPSA) is 102 Å². The van der Waals surface area contributed by atoms with Crippen molar-refractivity contribution >= 4 is 22.8 Å². The van der Waals surface area contributed by atoms with Gasteiger partial charge in [0.25, 0.3) is 0 Å². The summed E-state index contributed by atoms with van der Waals surface area (Å²) in [6, 6.07) is 2.76. The molecule has 0 saturated carbocycles. The third-order valence-corrected chi connectivity index (χ3v) is 4.87. The highest BCUT2D eigenvalue weighted by Gasteiger charge is 2.20. The van der Waals surface area contributed by atoms with E-state index in [-0.39, 0.29) is 17.8 Å². The summed E-state index contributed by atoms with van der Waals surface area (Å²) in [7, 11) is 3.96. The van der Waals surface area contributed by atoms with Crippen molar-refractivity contribution in [3.63, 3.8) is 0 Å². The van der Waals surface area contributed by atoms with E-state index in [1.165, 1.54) is 6.07 Å². The number of rotatable bonds is 9. The van der Waals surface area contributed by atoms with E-state index in [0.717, 1.165) is 13.0 Å². The van der Waals surface area contributed by atoms with Crippen LogP contribution in [0, 0.1) is 5.82 Å². The quantitative estimate of drug-likeness (QED) is 0.449. The van der Waals surface area contributed by atoms with Gasteiger partial charge in [-0.3, -0.25) is 5.10 Å². The predicted molar refractivity (Wildman–Crippen MR) is 119 cm³/mol. The van der Waals surface area contributed by atoms with Crippen molar-refractivity contribution in [3.05, 3.63) is 24.1 Å². The molecule has 0 bridgehead atoms. The Morgan fingerprint density at radius 3 is 2.77 bits per heavy atom. The van der Waals surface area contributed by atoms with E-state index in [0.29, 0.717) is 41.4 Å². The Labute approximate surface area is 181 Å². The molecule has 31 heavy (non-hydrogen) atoms. The van der Waals surface area contributed by atoms with Gasteiger partial charge in [0.15, 0.2) is 23.1 Å². The summed E-state index contributed by atoms with van der Waals surface area (Å²) in [6.45, 7) is 7.68. The third-order valence-electron chi connectivity index (χ3n) is 4.87. The Kier molecular flexibility index (Phi) is 7.11. The normalized spacial score (nSPS) is 11.5. The number of halogens is 1. The Bertz CT molecular complexity index is 1030. The SMILES string of the molecule is CCN(C(=O)Nc1c[nH]nc1-c1nc2cc(F)c(OCCCN(C)C)cc2[nH]1)C(C)C. The summed E-state index contributed by atoms with van der Waals surface area (Å²) in [4.78, 5) is 23.9. The van der Waals surface area contributed by atoms with E-state index in [2.05, 4.69) is 25.5 Å². The van der Waals surface area contributed by atoms with E-state index in [4.69, 9.17) is 4.74 Å². The molecule has 3 rings (SSSR count). The highest BCUT2D eigenvalue weighted by molar-refractivity contribution is 5.93. The molecule has 10 heteroatoms. The van der Waals surface area contributed by atoms with Crippen molar-refractivity contribution in [2.45, 2.75) is 33.2 Å². The number of carbonyl (C=O) groups excluding carboxylic acids is 1. The number of amides is 2. The second-order valence-electron chi connectivity index (χ2n) is 7.85. The maximum Gasteiger partial charge on any atom is 0.322 e. The summed E-state index contributed by atoms with van der Waals surface area (Å²) in [6.07, 6.45) is 2.38. The van der Waals surface area contributed by atoms with Crippen LogP contribution in [0.4, 0.5) is 14.9 Å². The number of imidazole rings is 1. The number of nitrogens with zero attached hydrogens (tertiary/aromatic N) is 4. The molecule has 0 atom stereocenters. The first-order chi connectivity index (χ1) is 14.8. The van der Waals surface area contributed by atoms with Gasteiger partial charge in [-0.1, -0.05) is 0 Å². The lowest BCUT2D eigenvalue weighted by atomic mass is 10.3.